The highest BCUT2D eigenvalue weighted by Gasteiger charge is 2.17. The molecule has 0 spiro atoms. The minimum Gasteiger partial charge on any atom is -0.496 e. The van der Waals surface area contributed by atoms with Crippen LogP contribution in [0.25, 0.3) is 11.0 Å². The topological polar surface area (TPSA) is 96.2 Å². The average Bonchev–Trinajstić information content (AvgIpc) is 3.00. The van der Waals surface area contributed by atoms with Gasteiger partial charge in [-0.05, 0) is 36.2 Å². The summed E-state index contributed by atoms with van der Waals surface area (Å²) in [4.78, 5) is 29.2. The van der Waals surface area contributed by atoms with E-state index in [2.05, 4.69) is 15.3 Å². The highest BCUT2D eigenvalue weighted by atomic mass is 16.5. The summed E-state index contributed by atoms with van der Waals surface area (Å²) in [7, 11) is 3.02. The van der Waals surface area contributed by atoms with E-state index in [0.717, 1.165) is 16.6 Å². The second kappa shape index (κ2) is 7.12. The van der Waals surface area contributed by atoms with Gasteiger partial charge in [-0.3, -0.25) is 4.79 Å². The maximum absolute atomic E-state index is 12.5. The van der Waals surface area contributed by atoms with Gasteiger partial charge in [0.25, 0.3) is 5.91 Å². The van der Waals surface area contributed by atoms with Crippen LogP contribution in [0.1, 0.15) is 15.9 Å². The zero-order valence-electron chi connectivity index (χ0n) is 14.0. The maximum atomic E-state index is 12.5. The SMILES string of the molecule is COc1cccc(OC)c1C(=O)NCCc1ccc2[nH]c(=O)[nH]c2c1. The molecule has 1 amide bonds. The van der Waals surface area contributed by atoms with Gasteiger partial charge in [0.05, 0.1) is 25.3 Å². The summed E-state index contributed by atoms with van der Waals surface area (Å²) in [5, 5.41) is 2.87. The fraction of sp³-hybridized carbons (Fsp3) is 0.222. The number of methoxy groups -OCH3 is 2. The summed E-state index contributed by atoms with van der Waals surface area (Å²) < 4.78 is 10.5. The van der Waals surface area contributed by atoms with Gasteiger partial charge in [-0.2, -0.15) is 0 Å². The van der Waals surface area contributed by atoms with E-state index in [9.17, 15) is 9.59 Å². The molecular weight excluding hydrogens is 322 g/mol. The third-order valence-corrected chi connectivity index (χ3v) is 3.93. The van der Waals surface area contributed by atoms with E-state index < -0.39 is 0 Å². The number of aromatic nitrogens is 2. The van der Waals surface area contributed by atoms with Crippen LogP contribution in [0.2, 0.25) is 0 Å². The number of aromatic amines is 2. The predicted octanol–water partition coefficient (Wildman–Crippen LogP) is 1.85. The Morgan fingerprint density at radius 3 is 2.40 bits per heavy atom. The van der Waals surface area contributed by atoms with Crippen LogP contribution in [0.15, 0.2) is 41.2 Å². The predicted molar refractivity (Wildman–Crippen MR) is 94.5 cm³/mol. The Morgan fingerprint density at radius 2 is 1.72 bits per heavy atom. The summed E-state index contributed by atoms with van der Waals surface area (Å²) >= 11 is 0. The summed E-state index contributed by atoms with van der Waals surface area (Å²) in [5.74, 6) is 0.664. The maximum Gasteiger partial charge on any atom is 0.323 e. The van der Waals surface area contributed by atoms with E-state index in [-0.39, 0.29) is 11.6 Å². The van der Waals surface area contributed by atoms with Crippen LogP contribution in [-0.2, 0) is 6.42 Å². The Balaban J connectivity index is 1.69. The number of ether oxygens (including phenoxy) is 2. The van der Waals surface area contributed by atoms with Crippen LogP contribution in [0.4, 0.5) is 0 Å². The highest BCUT2D eigenvalue weighted by Crippen LogP contribution is 2.27. The van der Waals surface area contributed by atoms with Gasteiger partial charge in [-0.15, -0.1) is 0 Å². The minimum atomic E-state index is -0.259. The van der Waals surface area contributed by atoms with Crippen LogP contribution in [0.3, 0.4) is 0 Å². The second-order valence-electron chi connectivity index (χ2n) is 5.50. The molecule has 0 fully saturated rings. The molecule has 0 bridgehead atoms. The van der Waals surface area contributed by atoms with E-state index in [0.29, 0.717) is 30.0 Å². The Hall–Kier alpha value is -3.22. The van der Waals surface area contributed by atoms with Crippen molar-refractivity contribution in [2.24, 2.45) is 0 Å². The number of benzene rings is 2. The van der Waals surface area contributed by atoms with E-state index in [1.165, 1.54) is 14.2 Å². The molecule has 25 heavy (non-hydrogen) atoms. The third-order valence-electron chi connectivity index (χ3n) is 3.93. The van der Waals surface area contributed by atoms with Crippen LogP contribution >= 0.6 is 0 Å². The molecule has 0 unspecified atom stereocenters. The zero-order chi connectivity index (χ0) is 17.8. The molecule has 3 rings (SSSR count). The number of hydrogen-bond acceptors (Lipinski definition) is 4. The molecular formula is C18H19N3O4. The molecule has 0 saturated carbocycles. The lowest BCUT2D eigenvalue weighted by Gasteiger charge is -2.13. The largest absolute Gasteiger partial charge is 0.496 e. The van der Waals surface area contributed by atoms with Crippen molar-refractivity contribution >= 4 is 16.9 Å². The van der Waals surface area contributed by atoms with Crippen LogP contribution in [-0.4, -0.2) is 36.6 Å². The molecule has 0 aliphatic carbocycles. The first-order valence-electron chi connectivity index (χ1n) is 7.82. The highest BCUT2D eigenvalue weighted by molar-refractivity contribution is 5.99. The number of nitrogens with one attached hydrogen (secondary N) is 3. The van der Waals surface area contributed by atoms with Gasteiger partial charge in [-0.1, -0.05) is 12.1 Å². The number of H-pyrrole nitrogens is 2. The Morgan fingerprint density at radius 1 is 1.04 bits per heavy atom. The molecule has 7 nitrogen and oxygen atoms in total. The molecule has 1 aromatic heterocycles. The van der Waals surface area contributed by atoms with E-state index in [1.54, 1.807) is 18.2 Å². The van der Waals surface area contributed by atoms with Gasteiger partial charge in [0.2, 0.25) is 0 Å². The number of imidazole rings is 1. The molecule has 7 heteroatoms. The van der Waals surface area contributed by atoms with Crippen molar-refractivity contribution in [1.29, 1.82) is 0 Å². The van der Waals surface area contributed by atoms with Crippen molar-refractivity contribution in [2.45, 2.75) is 6.42 Å². The molecule has 2 aromatic carbocycles. The number of carbonyl (C=O) groups is 1. The average molecular weight is 341 g/mol. The van der Waals surface area contributed by atoms with Crippen molar-refractivity contribution in [3.8, 4) is 11.5 Å². The van der Waals surface area contributed by atoms with Gasteiger partial charge >= 0.3 is 5.69 Å². The fourth-order valence-electron chi connectivity index (χ4n) is 2.72. The quantitative estimate of drug-likeness (QED) is 0.637. The lowest BCUT2D eigenvalue weighted by Crippen LogP contribution is -2.26. The summed E-state index contributed by atoms with van der Waals surface area (Å²) in [6, 6.07) is 10.8. The smallest absolute Gasteiger partial charge is 0.323 e. The van der Waals surface area contributed by atoms with Gasteiger partial charge in [0.1, 0.15) is 17.1 Å². The van der Waals surface area contributed by atoms with Crippen LogP contribution in [0, 0.1) is 0 Å². The molecule has 0 aliphatic rings. The first-order valence-corrected chi connectivity index (χ1v) is 7.82. The number of hydrogen-bond donors (Lipinski definition) is 3. The number of carbonyl (C=O) groups excluding carboxylic acids is 1. The van der Waals surface area contributed by atoms with E-state index >= 15 is 0 Å². The van der Waals surface area contributed by atoms with Crippen molar-refractivity contribution in [1.82, 2.24) is 15.3 Å². The van der Waals surface area contributed by atoms with Crippen LogP contribution < -0.4 is 20.5 Å². The third kappa shape index (κ3) is 3.50. The normalized spacial score (nSPS) is 10.6. The monoisotopic (exact) mass is 341 g/mol. The Labute approximate surface area is 144 Å². The van der Waals surface area contributed by atoms with Crippen molar-refractivity contribution in [2.75, 3.05) is 20.8 Å². The Kier molecular flexibility index (Phi) is 4.74. The Bertz CT molecular complexity index is 936. The number of amides is 1. The molecule has 0 aliphatic heterocycles. The molecule has 0 atom stereocenters. The van der Waals surface area contributed by atoms with E-state index in [4.69, 9.17) is 9.47 Å². The molecule has 130 valence electrons. The first kappa shape index (κ1) is 16.6. The molecule has 3 aromatic rings. The lowest BCUT2D eigenvalue weighted by atomic mass is 10.1. The van der Waals surface area contributed by atoms with Crippen molar-refractivity contribution in [3.63, 3.8) is 0 Å². The first-order chi connectivity index (χ1) is 12.1. The lowest BCUT2D eigenvalue weighted by molar-refractivity contribution is 0.0948. The fourth-order valence-corrected chi connectivity index (χ4v) is 2.72. The van der Waals surface area contributed by atoms with Gasteiger partial charge in [0, 0.05) is 6.54 Å². The minimum absolute atomic E-state index is 0.233. The van der Waals surface area contributed by atoms with E-state index in [1.807, 2.05) is 18.2 Å². The molecule has 0 radical (unpaired) electrons. The molecule has 1 heterocycles. The summed E-state index contributed by atoms with van der Waals surface area (Å²) in [6.07, 6.45) is 0.631. The zero-order valence-corrected chi connectivity index (χ0v) is 14.0. The standard InChI is InChI=1S/C18H19N3O4/c1-24-14-4-3-5-15(25-2)16(14)17(22)19-9-8-11-6-7-12-13(10-11)21-18(23)20-12/h3-7,10H,8-9H2,1-2H3,(H,19,22)(H2,20,21,23). The number of rotatable bonds is 6. The van der Waals surface area contributed by atoms with Gasteiger partial charge in [-0.25, -0.2) is 4.79 Å². The van der Waals surface area contributed by atoms with Gasteiger partial charge < -0.3 is 24.8 Å². The molecule has 0 saturated heterocycles. The number of fused-ring (bicyclic) bond motifs is 1. The second-order valence-corrected chi connectivity index (χ2v) is 5.50. The molecule has 3 N–H and O–H groups in total. The van der Waals surface area contributed by atoms with Crippen molar-refractivity contribution in [3.05, 3.63) is 58.0 Å². The summed E-state index contributed by atoms with van der Waals surface area (Å²) in [6.45, 7) is 0.445. The van der Waals surface area contributed by atoms with Crippen molar-refractivity contribution < 1.29 is 14.3 Å². The summed E-state index contributed by atoms with van der Waals surface area (Å²) in [5.41, 5.74) is 2.66. The van der Waals surface area contributed by atoms with Crippen LogP contribution in [0.5, 0.6) is 11.5 Å². The van der Waals surface area contributed by atoms with Gasteiger partial charge in [0.15, 0.2) is 0 Å².